The van der Waals surface area contributed by atoms with Crippen molar-refractivity contribution in [3.05, 3.63) is 35.4 Å². The van der Waals surface area contributed by atoms with Gasteiger partial charge in [-0.2, -0.15) is 13.2 Å². The molecule has 0 saturated carbocycles. The van der Waals surface area contributed by atoms with Crippen LogP contribution in [0.5, 0.6) is 0 Å². The van der Waals surface area contributed by atoms with Crippen molar-refractivity contribution >= 4 is 0 Å². The maximum atomic E-state index is 12.8. The Labute approximate surface area is 142 Å². The van der Waals surface area contributed by atoms with Gasteiger partial charge in [0, 0.05) is 38.3 Å². The van der Waals surface area contributed by atoms with Crippen molar-refractivity contribution in [1.29, 1.82) is 0 Å². The molecule has 0 amide bonds. The predicted molar refractivity (Wildman–Crippen MR) is 91.0 cm³/mol. The second-order valence-corrected chi connectivity index (χ2v) is 6.47. The zero-order valence-corrected chi connectivity index (χ0v) is 14.7. The van der Waals surface area contributed by atoms with E-state index in [1.165, 1.54) is 12.1 Å². The Bertz CT molecular complexity index is 497. The molecule has 1 N–H and O–H groups in total. The summed E-state index contributed by atoms with van der Waals surface area (Å²) in [6.45, 7) is 11.8. The Morgan fingerprint density at radius 1 is 1.21 bits per heavy atom. The number of nitrogens with zero attached hydrogens (tertiary/aromatic N) is 2. The SMILES string of the molecule is CCN(CC)CC(c1ccc(C(F)(F)F)cc1)N1CCNC(C)C1. The molecule has 1 heterocycles. The molecule has 1 saturated heterocycles. The Morgan fingerprint density at radius 3 is 2.33 bits per heavy atom. The van der Waals surface area contributed by atoms with Gasteiger partial charge >= 0.3 is 6.18 Å². The second kappa shape index (κ2) is 8.32. The van der Waals surface area contributed by atoms with Crippen molar-refractivity contribution < 1.29 is 13.2 Å². The van der Waals surface area contributed by atoms with Gasteiger partial charge in [0.1, 0.15) is 0 Å². The molecular weight excluding hydrogens is 315 g/mol. The van der Waals surface area contributed by atoms with E-state index in [-0.39, 0.29) is 6.04 Å². The summed E-state index contributed by atoms with van der Waals surface area (Å²) >= 11 is 0. The molecule has 1 aliphatic rings. The Hall–Kier alpha value is -1.11. The van der Waals surface area contributed by atoms with Crippen molar-refractivity contribution in [2.45, 2.75) is 39.0 Å². The van der Waals surface area contributed by atoms with Crippen LogP contribution in [0.2, 0.25) is 0 Å². The predicted octanol–water partition coefficient (Wildman–Crippen LogP) is 3.38. The van der Waals surface area contributed by atoms with E-state index in [9.17, 15) is 13.2 Å². The monoisotopic (exact) mass is 343 g/mol. The van der Waals surface area contributed by atoms with Crippen molar-refractivity contribution in [1.82, 2.24) is 15.1 Å². The number of rotatable bonds is 6. The van der Waals surface area contributed by atoms with Crippen molar-refractivity contribution in [2.75, 3.05) is 39.3 Å². The highest BCUT2D eigenvalue weighted by atomic mass is 19.4. The number of halogens is 3. The zero-order chi connectivity index (χ0) is 17.7. The fraction of sp³-hybridized carbons (Fsp3) is 0.667. The average Bonchev–Trinajstić information content (AvgIpc) is 2.55. The summed E-state index contributed by atoms with van der Waals surface area (Å²) in [7, 11) is 0. The molecule has 0 aliphatic carbocycles. The summed E-state index contributed by atoms with van der Waals surface area (Å²) in [6.07, 6.45) is -4.28. The smallest absolute Gasteiger partial charge is 0.312 e. The molecule has 6 heteroatoms. The fourth-order valence-corrected chi connectivity index (χ4v) is 3.30. The largest absolute Gasteiger partial charge is 0.416 e. The number of alkyl halides is 3. The minimum atomic E-state index is -4.28. The van der Waals surface area contributed by atoms with Gasteiger partial charge in [0.2, 0.25) is 0 Å². The van der Waals surface area contributed by atoms with Crippen LogP contribution in [-0.2, 0) is 6.18 Å². The molecular formula is C18H28F3N3. The van der Waals surface area contributed by atoms with E-state index < -0.39 is 11.7 Å². The van der Waals surface area contributed by atoms with E-state index in [1.54, 1.807) is 12.1 Å². The standard InChI is InChI=1S/C18H28F3N3/c1-4-23(5-2)13-17(24-11-10-22-14(3)12-24)15-6-8-16(9-7-15)18(19,20)21/h6-9,14,17,22H,4-5,10-13H2,1-3H3. The number of hydrogen-bond donors (Lipinski definition) is 1. The molecule has 1 aliphatic heterocycles. The van der Waals surface area contributed by atoms with Crippen molar-refractivity contribution in [2.24, 2.45) is 0 Å². The van der Waals surface area contributed by atoms with E-state index in [2.05, 4.69) is 35.9 Å². The van der Waals surface area contributed by atoms with Crippen LogP contribution in [0, 0.1) is 0 Å². The van der Waals surface area contributed by atoms with Crippen LogP contribution >= 0.6 is 0 Å². The van der Waals surface area contributed by atoms with Gasteiger partial charge in [-0.25, -0.2) is 0 Å². The molecule has 3 nitrogen and oxygen atoms in total. The maximum Gasteiger partial charge on any atom is 0.416 e. The summed E-state index contributed by atoms with van der Waals surface area (Å²) in [5, 5.41) is 3.42. The molecule has 1 aromatic rings. The van der Waals surface area contributed by atoms with Gasteiger partial charge in [0.25, 0.3) is 0 Å². The molecule has 0 aromatic heterocycles. The van der Waals surface area contributed by atoms with Gasteiger partial charge in [-0.1, -0.05) is 26.0 Å². The summed E-state index contributed by atoms with van der Waals surface area (Å²) < 4.78 is 38.5. The molecule has 0 radical (unpaired) electrons. The topological polar surface area (TPSA) is 18.5 Å². The van der Waals surface area contributed by atoms with Crippen LogP contribution in [0.3, 0.4) is 0 Å². The fourth-order valence-electron chi connectivity index (χ4n) is 3.30. The third kappa shape index (κ3) is 4.94. The highest BCUT2D eigenvalue weighted by Gasteiger charge is 2.31. The minimum Gasteiger partial charge on any atom is -0.312 e. The lowest BCUT2D eigenvalue weighted by Gasteiger charge is -2.40. The molecule has 1 aromatic carbocycles. The van der Waals surface area contributed by atoms with Crippen LogP contribution in [0.1, 0.15) is 37.9 Å². The van der Waals surface area contributed by atoms with E-state index in [0.29, 0.717) is 6.04 Å². The molecule has 2 rings (SSSR count). The number of benzene rings is 1. The first-order valence-electron chi connectivity index (χ1n) is 8.72. The first-order valence-corrected chi connectivity index (χ1v) is 8.72. The molecule has 2 unspecified atom stereocenters. The molecule has 0 spiro atoms. The van der Waals surface area contributed by atoms with Gasteiger partial charge in [-0.3, -0.25) is 4.90 Å². The van der Waals surface area contributed by atoms with Crippen LogP contribution < -0.4 is 5.32 Å². The Kier molecular flexibility index (Phi) is 6.66. The molecule has 24 heavy (non-hydrogen) atoms. The van der Waals surface area contributed by atoms with Crippen molar-refractivity contribution in [3.8, 4) is 0 Å². The highest BCUT2D eigenvalue weighted by molar-refractivity contribution is 5.27. The van der Waals surface area contributed by atoms with Gasteiger partial charge in [0.05, 0.1) is 5.56 Å². The molecule has 136 valence electrons. The summed E-state index contributed by atoms with van der Waals surface area (Å²) in [4.78, 5) is 4.72. The van der Waals surface area contributed by atoms with Crippen LogP contribution in [-0.4, -0.2) is 55.1 Å². The van der Waals surface area contributed by atoms with Crippen LogP contribution in [0.25, 0.3) is 0 Å². The lowest BCUT2D eigenvalue weighted by Crippen LogP contribution is -2.52. The first-order chi connectivity index (χ1) is 11.3. The van der Waals surface area contributed by atoms with Gasteiger partial charge in [0.15, 0.2) is 0 Å². The summed E-state index contributed by atoms with van der Waals surface area (Å²) in [5.74, 6) is 0. The maximum absolute atomic E-state index is 12.8. The third-order valence-corrected chi connectivity index (χ3v) is 4.79. The van der Waals surface area contributed by atoms with Crippen LogP contribution in [0.15, 0.2) is 24.3 Å². The second-order valence-electron chi connectivity index (χ2n) is 6.47. The summed E-state index contributed by atoms with van der Waals surface area (Å²) in [6, 6.07) is 6.21. The van der Waals surface area contributed by atoms with Gasteiger partial charge < -0.3 is 10.2 Å². The van der Waals surface area contributed by atoms with Crippen LogP contribution in [0.4, 0.5) is 13.2 Å². The molecule has 2 atom stereocenters. The molecule has 0 bridgehead atoms. The average molecular weight is 343 g/mol. The van der Waals surface area contributed by atoms with E-state index in [0.717, 1.165) is 44.8 Å². The zero-order valence-electron chi connectivity index (χ0n) is 14.7. The summed E-state index contributed by atoms with van der Waals surface area (Å²) in [5.41, 5.74) is 0.380. The van der Waals surface area contributed by atoms with E-state index in [1.807, 2.05) is 0 Å². The number of likely N-dealkylation sites (N-methyl/N-ethyl adjacent to an activating group) is 1. The highest BCUT2D eigenvalue weighted by Crippen LogP contribution is 2.31. The number of nitrogens with one attached hydrogen (secondary N) is 1. The Balaban J connectivity index is 2.23. The molecule has 1 fully saturated rings. The first kappa shape index (κ1) is 19.2. The quantitative estimate of drug-likeness (QED) is 0.854. The van der Waals surface area contributed by atoms with E-state index in [4.69, 9.17) is 0 Å². The van der Waals surface area contributed by atoms with Crippen molar-refractivity contribution in [3.63, 3.8) is 0 Å². The normalized spacial score (nSPS) is 21.2. The third-order valence-electron chi connectivity index (χ3n) is 4.79. The van der Waals surface area contributed by atoms with E-state index >= 15 is 0 Å². The minimum absolute atomic E-state index is 0.122. The Morgan fingerprint density at radius 2 is 1.83 bits per heavy atom. The lowest BCUT2D eigenvalue weighted by atomic mass is 10.0. The number of hydrogen-bond acceptors (Lipinski definition) is 3. The van der Waals surface area contributed by atoms with Gasteiger partial charge in [-0.15, -0.1) is 0 Å². The van der Waals surface area contributed by atoms with Gasteiger partial charge in [-0.05, 0) is 37.7 Å². The lowest BCUT2D eigenvalue weighted by molar-refractivity contribution is -0.137. The number of piperazine rings is 1.